The molecule has 2 aromatic carbocycles. The molecule has 162 valence electrons. The average molecular weight is 461 g/mol. The number of likely N-dealkylation sites (N-methyl/N-ethyl adjacent to an activating group) is 1. The van der Waals surface area contributed by atoms with Crippen molar-refractivity contribution in [2.45, 2.75) is 24.8 Å². The lowest BCUT2D eigenvalue weighted by molar-refractivity contribution is 0.102. The van der Waals surface area contributed by atoms with Gasteiger partial charge in [-0.05, 0) is 62.0 Å². The standard InChI is InChI=1S/C21H21FN4O3S2/c1-13-11-15(22)5-8-19(13)31(28,29)25-16-6-3-14(4-7-16)20(27)24-21-23-17-9-10-26(2)12-18(17)30-21/h3-8,11,25H,9-10,12H2,1-2H3,(H,23,24,27). The minimum absolute atomic E-state index is 0.00546. The summed E-state index contributed by atoms with van der Waals surface area (Å²) in [7, 11) is -1.83. The molecule has 0 fully saturated rings. The monoisotopic (exact) mass is 460 g/mol. The molecule has 3 aromatic rings. The van der Waals surface area contributed by atoms with Crippen molar-refractivity contribution < 1.29 is 17.6 Å². The van der Waals surface area contributed by atoms with Crippen LogP contribution in [-0.4, -0.2) is 37.8 Å². The quantitative estimate of drug-likeness (QED) is 0.607. The number of aromatic nitrogens is 1. The van der Waals surface area contributed by atoms with E-state index in [1.54, 1.807) is 0 Å². The first-order chi connectivity index (χ1) is 14.7. The van der Waals surface area contributed by atoms with Gasteiger partial charge in [-0.1, -0.05) is 0 Å². The van der Waals surface area contributed by atoms with Crippen molar-refractivity contribution in [3.63, 3.8) is 0 Å². The number of aryl methyl sites for hydroxylation is 1. The van der Waals surface area contributed by atoms with E-state index in [1.165, 1.54) is 48.6 Å². The molecule has 0 bridgehead atoms. The zero-order valence-corrected chi connectivity index (χ0v) is 18.6. The van der Waals surface area contributed by atoms with Crippen LogP contribution in [0.25, 0.3) is 0 Å². The summed E-state index contributed by atoms with van der Waals surface area (Å²) in [4.78, 5) is 20.4. The van der Waals surface area contributed by atoms with Crippen LogP contribution in [0.1, 0.15) is 26.5 Å². The van der Waals surface area contributed by atoms with Crippen molar-refractivity contribution in [3.8, 4) is 0 Å². The highest BCUT2D eigenvalue weighted by Crippen LogP contribution is 2.28. The number of thiazole rings is 1. The predicted octanol–water partition coefficient (Wildman–Crippen LogP) is 3.63. The molecule has 0 spiro atoms. The smallest absolute Gasteiger partial charge is 0.262 e. The molecule has 7 nitrogen and oxygen atoms in total. The maximum Gasteiger partial charge on any atom is 0.262 e. The summed E-state index contributed by atoms with van der Waals surface area (Å²) >= 11 is 1.47. The fourth-order valence-corrected chi connectivity index (χ4v) is 5.73. The van der Waals surface area contributed by atoms with Crippen LogP contribution in [0.3, 0.4) is 0 Å². The molecule has 1 aliphatic rings. The van der Waals surface area contributed by atoms with Crippen molar-refractivity contribution in [2.75, 3.05) is 23.6 Å². The molecule has 0 unspecified atom stereocenters. The molecule has 2 heterocycles. The van der Waals surface area contributed by atoms with E-state index in [-0.39, 0.29) is 10.8 Å². The molecule has 2 N–H and O–H groups in total. The molecule has 0 radical (unpaired) electrons. The number of halogens is 1. The number of anilines is 2. The summed E-state index contributed by atoms with van der Waals surface area (Å²) in [6.07, 6.45) is 0.862. The number of amides is 1. The van der Waals surface area contributed by atoms with E-state index in [1.807, 2.05) is 7.05 Å². The summed E-state index contributed by atoms with van der Waals surface area (Å²) in [5, 5.41) is 3.37. The van der Waals surface area contributed by atoms with Gasteiger partial charge >= 0.3 is 0 Å². The lowest BCUT2D eigenvalue weighted by atomic mass is 10.2. The molecule has 4 rings (SSSR count). The normalized spacial score (nSPS) is 14.2. The van der Waals surface area contributed by atoms with E-state index in [0.29, 0.717) is 21.9 Å². The van der Waals surface area contributed by atoms with Gasteiger partial charge in [-0.15, -0.1) is 11.3 Å². The Kier molecular flexibility index (Phi) is 5.78. The van der Waals surface area contributed by atoms with Crippen LogP contribution < -0.4 is 10.0 Å². The maximum atomic E-state index is 13.3. The second kappa shape index (κ2) is 8.37. The third-order valence-corrected chi connectivity index (χ3v) is 7.51. The molecule has 0 saturated heterocycles. The number of sulfonamides is 1. The second-order valence-corrected chi connectivity index (χ2v) is 10.2. The van der Waals surface area contributed by atoms with E-state index in [2.05, 4.69) is 19.9 Å². The van der Waals surface area contributed by atoms with Gasteiger partial charge in [0, 0.05) is 35.6 Å². The Balaban J connectivity index is 1.45. The lowest BCUT2D eigenvalue weighted by Crippen LogP contribution is -2.25. The van der Waals surface area contributed by atoms with Gasteiger partial charge in [-0.25, -0.2) is 17.8 Å². The molecule has 1 aromatic heterocycles. The van der Waals surface area contributed by atoms with Gasteiger partial charge in [0.2, 0.25) is 0 Å². The van der Waals surface area contributed by atoms with E-state index < -0.39 is 15.8 Å². The van der Waals surface area contributed by atoms with Crippen molar-refractivity contribution in [1.29, 1.82) is 0 Å². The zero-order valence-electron chi connectivity index (χ0n) is 17.0. The lowest BCUT2D eigenvalue weighted by Gasteiger charge is -2.20. The highest BCUT2D eigenvalue weighted by Gasteiger charge is 2.20. The third kappa shape index (κ3) is 4.76. The van der Waals surface area contributed by atoms with Crippen molar-refractivity contribution >= 4 is 38.1 Å². The molecule has 0 aliphatic carbocycles. The summed E-state index contributed by atoms with van der Waals surface area (Å²) in [5.74, 6) is -0.817. The minimum Gasteiger partial charge on any atom is -0.301 e. The van der Waals surface area contributed by atoms with Crippen LogP contribution in [0.5, 0.6) is 0 Å². The van der Waals surface area contributed by atoms with Crippen LogP contribution in [0.15, 0.2) is 47.4 Å². The number of nitrogens with one attached hydrogen (secondary N) is 2. The number of hydrogen-bond acceptors (Lipinski definition) is 6. The number of nitrogens with zero attached hydrogens (tertiary/aromatic N) is 2. The molecule has 31 heavy (non-hydrogen) atoms. The Morgan fingerprint density at radius 2 is 1.94 bits per heavy atom. The SMILES string of the molecule is Cc1cc(F)ccc1S(=O)(=O)Nc1ccc(C(=O)Nc2nc3c(s2)CN(C)CC3)cc1. The zero-order chi connectivity index (χ0) is 22.2. The molecular weight excluding hydrogens is 439 g/mol. The first kappa shape index (κ1) is 21.4. The highest BCUT2D eigenvalue weighted by molar-refractivity contribution is 7.92. The van der Waals surface area contributed by atoms with Crippen LogP contribution in [0.4, 0.5) is 15.2 Å². The number of fused-ring (bicyclic) bond motifs is 1. The molecule has 0 saturated carbocycles. The number of carbonyl (C=O) groups excluding carboxylic acids is 1. The number of hydrogen-bond donors (Lipinski definition) is 2. The fourth-order valence-electron chi connectivity index (χ4n) is 3.36. The second-order valence-electron chi connectivity index (χ2n) is 7.42. The minimum atomic E-state index is -3.88. The predicted molar refractivity (Wildman–Crippen MR) is 118 cm³/mol. The molecule has 1 amide bonds. The van der Waals surface area contributed by atoms with Gasteiger partial charge in [0.05, 0.1) is 10.6 Å². The number of benzene rings is 2. The molecule has 0 atom stereocenters. The van der Waals surface area contributed by atoms with Gasteiger partial charge in [-0.2, -0.15) is 0 Å². The van der Waals surface area contributed by atoms with E-state index in [0.717, 1.165) is 42.2 Å². The largest absolute Gasteiger partial charge is 0.301 e. The Hall–Kier alpha value is -2.82. The molecule has 10 heteroatoms. The first-order valence-corrected chi connectivity index (χ1v) is 11.9. The summed E-state index contributed by atoms with van der Waals surface area (Å²) in [5.41, 5.74) is 2.01. The van der Waals surface area contributed by atoms with Crippen LogP contribution in [0.2, 0.25) is 0 Å². The first-order valence-electron chi connectivity index (χ1n) is 9.59. The topological polar surface area (TPSA) is 91.4 Å². The Bertz CT molecular complexity index is 1240. The van der Waals surface area contributed by atoms with Gasteiger partial charge in [-0.3, -0.25) is 14.8 Å². The Morgan fingerprint density at radius 1 is 1.19 bits per heavy atom. The summed E-state index contributed by atoms with van der Waals surface area (Å²) in [6, 6.07) is 9.57. The molecule has 1 aliphatic heterocycles. The van der Waals surface area contributed by atoms with Crippen molar-refractivity contribution in [2.24, 2.45) is 0 Å². The Morgan fingerprint density at radius 3 is 2.65 bits per heavy atom. The number of carbonyl (C=O) groups is 1. The summed E-state index contributed by atoms with van der Waals surface area (Å²) in [6.45, 7) is 3.30. The van der Waals surface area contributed by atoms with Crippen LogP contribution >= 0.6 is 11.3 Å². The van der Waals surface area contributed by atoms with Crippen molar-refractivity contribution in [1.82, 2.24) is 9.88 Å². The van der Waals surface area contributed by atoms with E-state index >= 15 is 0 Å². The summed E-state index contributed by atoms with van der Waals surface area (Å²) < 4.78 is 40.9. The highest BCUT2D eigenvalue weighted by atomic mass is 32.2. The van der Waals surface area contributed by atoms with E-state index in [9.17, 15) is 17.6 Å². The number of rotatable bonds is 5. The van der Waals surface area contributed by atoms with Crippen LogP contribution in [0, 0.1) is 12.7 Å². The molecular formula is C21H21FN4O3S2. The third-order valence-electron chi connectivity index (χ3n) is 4.97. The van der Waals surface area contributed by atoms with Crippen LogP contribution in [-0.2, 0) is 23.0 Å². The van der Waals surface area contributed by atoms with E-state index in [4.69, 9.17) is 0 Å². The van der Waals surface area contributed by atoms with Gasteiger partial charge in [0.15, 0.2) is 5.13 Å². The Labute approximate surface area is 184 Å². The average Bonchev–Trinajstić information content (AvgIpc) is 3.09. The van der Waals surface area contributed by atoms with Crippen molar-refractivity contribution in [3.05, 3.63) is 70.0 Å². The maximum absolute atomic E-state index is 13.3. The van der Waals surface area contributed by atoms with Gasteiger partial charge in [0.1, 0.15) is 5.82 Å². The van der Waals surface area contributed by atoms with Gasteiger partial charge < -0.3 is 4.90 Å². The van der Waals surface area contributed by atoms with Gasteiger partial charge in [0.25, 0.3) is 15.9 Å². The fraction of sp³-hybridized carbons (Fsp3) is 0.238.